The molecule has 0 saturated carbocycles. The first-order valence-electron chi connectivity index (χ1n) is 9.03. The van der Waals surface area contributed by atoms with Gasteiger partial charge in [-0.3, -0.25) is 4.98 Å². The maximum absolute atomic E-state index is 15.2. The highest BCUT2D eigenvalue weighted by Gasteiger charge is 2.19. The number of benzene rings is 2. The minimum absolute atomic E-state index is 0.0372. The molecule has 2 aromatic heterocycles. The summed E-state index contributed by atoms with van der Waals surface area (Å²) in [7, 11) is 0. The second-order valence-electron chi connectivity index (χ2n) is 6.61. The Morgan fingerprint density at radius 3 is 2.77 bits per heavy atom. The third-order valence-electron chi connectivity index (χ3n) is 4.41. The fraction of sp³-hybridized carbons (Fsp3) is 0.0909. The molecule has 0 aliphatic rings. The first-order chi connectivity index (χ1) is 14.9. The number of hydrogen-bond acceptors (Lipinski definition) is 6. The molecular weight excluding hydrogens is 442 g/mol. The Morgan fingerprint density at radius 2 is 2.00 bits per heavy atom. The van der Waals surface area contributed by atoms with Crippen LogP contribution in [0.5, 0.6) is 11.5 Å². The van der Waals surface area contributed by atoms with Crippen LogP contribution in [0.3, 0.4) is 0 Å². The predicted molar refractivity (Wildman–Crippen MR) is 113 cm³/mol. The summed E-state index contributed by atoms with van der Waals surface area (Å²) in [5.74, 6) is -0.118. The summed E-state index contributed by atoms with van der Waals surface area (Å²) >= 11 is 12.1. The van der Waals surface area contributed by atoms with Crippen molar-refractivity contribution < 1.29 is 13.5 Å². The second kappa shape index (κ2) is 8.72. The lowest BCUT2D eigenvalue weighted by Gasteiger charge is -2.11. The Morgan fingerprint density at radius 1 is 1.16 bits per heavy atom. The number of ether oxygens (including phenoxy) is 1. The molecule has 0 spiro atoms. The van der Waals surface area contributed by atoms with Gasteiger partial charge in [-0.05, 0) is 42.8 Å². The summed E-state index contributed by atoms with van der Waals surface area (Å²) in [5, 5.41) is 17.5. The van der Waals surface area contributed by atoms with Gasteiger partial charge in [0, 0.05) is 28.5 Å². The van der Waals surface area contributed by atoms with Crippen molar-refractivity contribution in [3.05, 3.63) is 87.2 Å². The minimum Gasteiger partial charge on any atom is -0.453 e. The van der Waals surface area contributed by atoms with Crippen LogP contribution in [0.1, 0.15) is 22.6 Å². The van der Waals surface area contributed by atoms with E-state index in [0.29, 0.717) is 5.89 Å². The van der Waals surface area contributed by atoms with Crippen LogP contribution in [0.2, 0.25) is 10.0 Å². The molecule has 2 heterocycles. The van der Waals surface area contributed by atoms with Crippen LogP contribution in [-0.2, 0) is 6.42 Å². The van der Waals surface area contributed by atoms with Crippen LogP contribution < -0.4 is 4.74 Å². The quantitative estimate of drug-likeness (QED) is 0.359. The standard InChI is InChI=1S/C22H13Cl2FN4O2/c1-12-11-27-5-4-17(12)22-29-28-19(31-22)8-14-2-3-18(24)21(20(14)25)30-16-7-13(10-26)6-15(23)9-16/h2-7,9,11H,8H2,1H3. The number of pyridine rings is 1. The lowest BCUT2D eigenvalue weighted by molar-refractivity contribution is 0.437. The fourth-order valence-electron chi connectivity index (χ4n) is 2.92. The molecule has 6 nitrogen and oxygen atoms in total. The van der Waals surface area contributed by atoms with Crippen molar-refractivity contribution in [2.75, 3.05) is 0 Å². The smallest absolute Gasteiger partial charge is 0.248 e. The number of rotatable bonds is 5. The molecule has 0 radical (unpaired) electrons. The van der Waals surface area contributed by atoms with Crippen molar-refractivity contribution in [1.82, 2.24) is 15.2 Å². The van der Waals surface area contributed by atoms with Gasteiger partial charge in [0.1, 0.15) is 5.75 Å². The first-order valence-corrected chi connectivity index (χ1v) is 9.79. The van der Waals surface area contributed by atoms with Crippen molar-refractivity contribution >= 4 is 23.2 Å². The van der Waals surface area contributed by atoms with Crippen LogP contribution in [0, 0.1) is 24.1 Å². The molecule has 4 aromatic rings. The Hall–Kier alpha value is -3.47. The molecule has 0 fully saturated rings. The Labute approximate surface area is 186 Å². The van der Waals surface area contributed by atoms with E-state index in [1.54, 1.807) is 18.5 Å². The monoisotopic (exact) mass is 454 g/mol. The maximum Gasteiger partial charge on any atom is 0.248 e. The molecule has 9 heteroatoms. The summed E-state index contributed by atoms with van der Waals surface area (Å²) in [5.41, 5.74) is 2.16. The fourth-order valence-corrected chi connectivity index (χ4v) is 3.33. The number of nitrogens with zero attached hydrogens (tertiary/aromatic N) is 4. The lowest BCUT2D eigenvalue weighted by atomic mass is 10.1. The first kappa shape index (κ1) is 20.8. The number of aryl methyl sites for hydroxylation is 1. The van der Waals surface area contributed by atoms with Crippen molar-refractivity contribution in [2.45, 2.75) is 13.3 Å². The van der Waals surface area contributed by atoms with Crippen molar-refractivity contribution in [2.24, 2.45) is 0 Å². The van der Waals surface area contributed by atoms with E-state index in [1.807, 2.05) is 13.0 Å². The van der Waals surface area contributed by atoms with Crippen molar-refractivity contribution in [3.63, 3.8) is 0 Å². The van der Waals surface area contributed by atoms with Gasteiger partial charge < -0.3 is 9.15 Å². The largest absolute Gasteiger partial charge is 0.453 e. The molecular formula is C22H13Cl2FN4O2. The second-order valence-corrected chi connectivity index (χ2v) is 7.45. The van der Waals surface area contributed by atoms with Crippen LogP contribution in [-0.4, -0.2) is 15.2 Å². The predicted octanol–water partition coefficient (Wildman–Crippen LogP) is 6.14. The van der Waals surface area contributed by atoms with Gasteiger partial charge in [0.2, 0.25) is 11.8 Å². The lowest BCUT2D eigenvalue weighted by Crippen LogP contribution is -1.98. The highest BCUT2D eigenvalue weighted by atomic mass is 35.5. The molecule has 0 saturated heterocycles. The third kappa shape index (κ3) is 4.50. The van der Waals surface area contributed by atoms with Crippen LogP contribution in [0.4, 0.5) is 4.39 Å². The van der Waals surface area contributed by atoms with Crippen molar-refractivity contribution in [3.8, 4) is 29.0 Å². The van der Waals surface area contributed by atoms with Gasteiger partial charge in [0.25, 0.3) is 0 Å². The molecule has 0 amide bonds. The van der Waals surface area contributed by atoms with Gasteiger partial charge >= 0.3 is 0 Å². The van der Waals surface area contributed by atoms with E-state index in [0.717, 1.165) is 11.1 Å². The van der Waals surface area contributed by atoms with Crippen LogP contribution in [0.25, 0.3) is 11.5 Å². The average Bonchev–Trinajstić information content (AvgIpc) is 3.21. The Kier molecular flexibility index (Phi) is 5.85. The van der Waals surface area contributed by atoms with Gasteiger partial charge in [-0.25, -0.2) is 4.39 Å². The van der Waals surface area contributed by atoms with Gasteiger partial charge in [0.05, 0.1) is 23.1 Å². The topological polar surface area (TPSA) is 84.8 Å². The molecule has 0 aliphatic carbocycles. The van der Waals surface area contributed by atoms with E-state index >= 15 is 4.39 Å². The van der Waals surface area contributed by atoms with Crippen LogP contribution >= 0.6 is 23.2 Å². The normalized spacial score (nSPS) is 10.7. The van der Waals surface area contributed by atoms with Gasteiger partial charge in [0.15, 0.2) is 11.6 Å². The van der Waals surface area contributed by atoms with E-state index in [2.05, 4.69) is 15.2 Å². The minimum atomic E-state index is -0.675. The molecule has 0 bridgehead atoms. The summed E-state index contributed by atoms with van der Waals surface area (Å²) in [6, 6.07) is 11.1. The zero-order valence-electron chi connectivity index (χ0n) is 16.1. The zero-order chi connectivity index (χ0) is 22.0. The summed E-state index contributed by atoms with van der Waals surface area (Å²) < 4.78 is 26.5. The van der Waals surface area contributed by atoms with Crippen LogP contribution in [0.15, 0.2) is 53.2 Å². The van der Waals surface area contributed by atoms with Gasteiger partial charge in [-0.2, -0.15) is 5.26 Å². The number of halogens is 3. The molecule has 0 N–H and O–H groups in total. The molecule has 31 heavy (non-hydrogen) atoms. The number of hydrogen-bond donors (Lipinski definition) is 0. The molecule has 4 rings (SSSR count). The number of nitriles is 1. The SMILES string of the molecule is Cc1cnccc1-c1nnc(Cc2ccc(Cl)c(Oc3cc(Cl)cc(C#N)c3)c2F)o1. The zero-order valence-corrected chi connectivity index (χ0v) is 17.6. The molecule has 154 valence electrons. The third-order valence-corrected chi connectivity index (χ3v) is 4.92. The van der Waals surface area contributed by atoms with E-state index in [1.165, 1.54) is 30.3 Å². The Bertz CT molecular complexity index is 1320. The van der Waals surface area contributed by atoms with E-state index < -0.39 is 5.82 Å². The summed E-state index contributed by atoms with van der Waals surface area (Å²) in [6.07, 6.45) is 3.35. The van der Waals surface area contributed by atoms with Gasteiger partial charge in [-0.15, -0.1) is 10.2 Å². The highest BCUT2D eigenvalue weighted by Crippen LogP contribution is 2.36. The molecule has 0 aliphatic heterocycles. The van der Waals surface area contributed by atoms with Gasteiger partial charge in [-0.1, -0.05) is 29.3 Å². The Balaban J connectivity index is 1.62. The van der Waals surface area contributed by atoms with E-state index in [9.17, 15) is 0 Å². The van der Waals surface area contributed by atoms with Crippen molar-refractivity contribution in [1.29, 1.82) is 5.26 Å². The highest BCUT2D eigenvalue weighted by molar-refractivity contribution is 6.32. The van der Waals surface area contributed by atoms with E-state index in [4.69, 9.17) is 37.6 Å². The van der Waals surface area contributed by atoms with E-state index in [-0.39, 0.29) is 45.0 Å². The summed E-state index contributed by atoms with van der Waals surface area (Å²) in [6.45, 7) is 1.88. The molecule has 0 unspecified atom stereocenters. The molecule has 0 atom stereocenters. The average molecular weight is 455 g/mol. The maximum atomic E-state index is 15.2. The summed E-state index contributed by atoms with van der Waals surface area (Å²) in [4.78, 5) is 4.03. The number of aromatic nitrogens is 3. The molecule has 2 aromatic carbocycles.